The van der Waals surface area contributed by atoms with E-state index in [-0.39, 0.29) is 23.7 Å². The third-order valence-electron chi connectivity index (χ3n) is 3.71. The molecule has 6 heteroatoms. The molecule has 1 heterocycles. The van der Waals surface area contributed by atoms with Gasteiger partial charge in [0.15, 0.2) is 0 Å². The van der Waals surface area contributed by atoms with Crippen LogP contribution in [0, 0.1) is 11.8 Å². The van der Waals surface area contributed by atoms with Crippen molar-refractivity contribution in [3.05, 3.63) is 12.7 Å². The average molecular weight is 281 g/mol. The number of carbonyl (C=O) groups is 3. The molecule has 2 atom stereocenters. The Morgan fingerprint density at radius 3 is 2.45 bits per heavy atom. The molecule has 0 aromatic carbocycles. The van der Waals surface area contributed by atoms with E-state index in [2.05, 4.69) is 6.58 Å². The van der Waals surface area contributed by atoms with Gasteiger partial charge in [0.25, 0.3) is 0 Å². The van der Waals surface area contributed by atoms with Crippen LogP contribution in [0.2, 0.25) is 0 Å². The third kappa shape index (κ3) is 3.37. The molecule has 0 spiro atoms. The second-order valence-corrected chi connectivity index (χ2v) is 5.51. The van der Waals surface area contributed by atoms with Gasteiger partial charge in [0.2, 0.25) is 17.7 Å². The minimum Gasteiger partial charge on any atom is -0.368 e. The van der Waals surface area contributed by atoms with Crippen molar-refractivity contribution in [2.45, 2.75) is 26.3 Å². The lowest BCUT2D eigenvalue weighted by atomic mass is 9.99. The molecule has 2 N–H and O–H groups in total. The number of nitrogens with zero attached hydrogens (tertiary/aromatic N) is 2. The number of likely N-dealkylation sites (N-methyl/N-ethyl adjacent to an activating group) is 1. The highest BCUT2D eigenvalue weighted by atomic mass is 16.2. The molecule has 0 unspecified atom stereocenters. The second-order valence-electron chi connectivity index (χ2n) is 5.51. The van der Waals surface area contributed by atoms with Crippen molar-refractivity contribution in [2.24, 2.45) is 17.6 Å². The van der Waals surface area contributed by atoms with Crippen molar-refractivity contribution in [2.75, 3.05) is 20.1 Å². The molecule has 20 heavy (non-hydrogen) atoms. The smallest absolute Gasteiger partial charge is 0.245 e. The van der Waals surface area contributed by atoms with Crippen molar-refractivity contribution in [1.82, 2.24) is 9.80 Å². The van der Waals surface area contributed by atoms with Crippen LogP contribution in [-0.2, 0) is 14.4 Å². The predicted molar refractivity (Wildman–Crippen MR) is 75.5 cm³/mol. The SMILES string of the molecule is C=CC(=O)N1CC[C@H](C(=O)N(C)[C@H](C(N)=O)C(C)C)C1. The molecule has 0 bridgehead atoms. The minimum absolute atomic E-state index is 0.0474. The normalized spacial score (nSPS) is 19.8. The van der Waals surface area contributed by atoms with Crippen LogP contribution in [-0.4, -0.2) is 53.7 Å². The zero-order valence-corrected chi connectivity index (χ0v) is 12.3. The van der Waals surface area contributed by atoms with Crippen LogP contribution in [0.3, 0.4) is 0 Å². The van der Waals surface area contributed by atoms with Gasteiger partial charge in [0.1, 0.15) is 6.04 Å². The molecule has 1 aliphatic rings. The number of hydrogen-bond donors (Lipinski definition) is 1. The standard InChI is InChI=1S/C14H23N3O3/c1-5-11(18)17-7-6-10(8-17)14(20)16(4)12(9(2)3)13(15)19/h5,9-10,12H,1,6-8H2,2-4H3,(H2,15,19)/t10-,12-/m0/s1. The molecule has 1 fully saturated rings. The Morgan fingerprint density at radius 2 is 2.00 bits per heavy atom. The van der Waals surface area contributed by atoms with E-state index in [1.54, 1.807) is 11.9 Å². The van der Waals surface area contributed by atoms with Crippen LogP contribution in [0.1, 0.15) is 20.3 Å². The first kappa shape index (κ1) is 16.2. The summed E-state index contributed by atoms with van der Waals surface area (Å²) < 4.78 is 0. The van der Waals surface area contributed by atoms with Gasteiger partial charge in [-0.1, -0.05) is 20.4 Å². The van der Waals surface area contributed by atoms with Gasteiger partial charge >= 0.3 is 0 Å². The van der Waals surface area contributed by atoms with Crippen molar-refractivity contribution in [3.63, 3.8) is 0 Å². The molecule has 3 amide bonds. The fourth-order valence-corrected chi connectivity index (χ4v) is 2.68. The lowest BCUT2D eigenvalue weighted by molar-refractivity contribution is -0.142. The van der Waals surface area contributed by atoms with Gasteiger partial charge in [-0.3, -0.25) is 14.4 Å². The van der Waals surface area contributed by atoms with E-state index in [4.69, 9.17) is 5.73 Å². The van der Waals surface area contributed by atoms with Gasteiger partial charge in [-0.2, -0.15) is 0 Å². The van der Waals surface area contributed by atoms with Crippen LogP contribution >= 0.6 is 0 Å². The summed E-state index contributed by atoms with van der Waals surface area (Å²) in [7, 11) is 1.59. The van der Waals surface area contributed by atoms with Crippen molar-refractivity contribution >= 4 is 17.7 Å². The molecule has 0 aliphatic carbocycles. The van der Waals surface area contributed by atoms with Gasteiger partial charge in [0.05, 0.1) is 5.92 Å². The maximum absolute atomic E-state index is 12.4. The molecule has 1 rings (SSSR count). The maximum atomic E-state index is 12.4. The van der Waals surface area contributed by atoms with E-state index < -0.39 is 11.9 Å². The number of nitrogens with two attached hydrogens (primary N) is 1. The number of primary amides is 1. The summed E-state index contributed by atoms with van der Waals surface area (Å²) in [5.41, 5.74) is 5.36. The molecule has 1 aliphatic heterocycles. The highest BCUT2D eigenvalue weighted by Gasteiger charge is 2.36. The summed E-state index contributed by atoms with van der Waals surface area (Å²) in [6.45, 7) is 8.05. The lowest BCUT2D eigenvalue weighted by Gasteiger charge is -2.30. The molecule has 1 saturated heterocycles. The molecule has 0 aromatic rings. The van der Waals surface area contributed by atoms with E-state index in [0.29, 0.717) is 19.5 Å². The van der Waals surface area contributed by atoms with Crippen LogP contribution in [0.15, 0.2) is 12.7 Å². The zero-order chi connectivity index (χ0) is 15.4. The first-order valence-corrected chi connectivity index (χ1v) is 6.76. The Bertz CT molecular complexity index is 420. The topological polar surface area (TPSA) is 83.7 Å². The third-order valence-corrected chi connectivity index (χ3v) is 3.71. The molecule has 0 aromatic heterocycles. The van der Waals surface area contributed by atoms with E-state index in [1.807, 2.05) is 13.8 Å². The highest BCUT2D eigenvalue weighted by Crippen LogP contribution is 2.21. The molecule has 6 nitrogen and oxygen atoms in total. The molecule has 0 radical (unpaired) electrons. The first-order chi connectivity index (χ1) is 9.29. The maximum Gasteiger partial charge on any atom is 0.245 e. The second kappa shape index (κ2) is 6.54. The van der Waals surface area contributed by atoms with E-state index in [0.717, 1.165) is 0 Å². The van der Waals surface area contributed by atoms with Gasteiger partial charge in [-0.15, -0.1) is 0 Å². The Hall–Kier alpha value is -1.85. The number of hydrogen-bond acceptors (Lipinski definition) is 3. The zero-order valence-electron chi connectivity index (χ0n) is 12.3. The van der Waals surface area contributed by atoms with E-state index in [9.17, 15) is 14.4 Å². The number of amides is 3. The summed E-state index contributed by atoms with van der Waals surface area (Å²) >= 11 is 0. The van der Waals surface area contributed by atoms with Gasteiger partial charge in [0, 0.05) is 20.1 Å². The van der Waals surface area contributed by atoms with E-state index in [1.165, 1.54) is 11.0 Å². The monoisotopic (exact) mass is 281 g/mol. The van der Waals surface area contributed by atoms with Crippen LogP contribution in [0.4, 0.5) is 0 Å². The molecule has 0 saturated carbocycles. The van der Waals surface area contributed by atoms with Crippen LogP contribution in [0.5, 0.6) is 0 Å². The summed E-state index contributed by atoms with van der Waals surface area (Å²) in [5, 5.41) is 0. The fraction of sp³-hybridized carbons (Fsp3) is 0.643. The van der Waals surface area contributed by atoms with Crippen molar-refractivity contribution < 1.29 is 14.4 Å². The van der Waals surface area contributed by atoms with Crippen molar-refractivity contribution in [1.29, 1.82) is 0 Å². The summed E-state index contributed by atoms with van der Waals surface area (Å²) in [5.74, 6) is -1.13. The summed E-state index contributed by atoms with van der Waals surface area (Å²) in [6.07, 6.45) is 1.85. The van der Waals surface area contributed by atoms with Crippen LogP contribution < -0.4 is 5.73 Å². The van der Waals surface area contributed by atoms with E-state index >= 15 is 0 Å². The number of rotatable bonds is 5. The average Bonchev–Trinajstić information content (AvgIpc) is 2.85. The number of likely N-dealkylation sites (tertiary alicyclic amines) is 1. The largest absolute Gasteiger partial charge is 0.368 e. The Morgan fingerprint density at radius 1 is 1.40 bits per heavy atom. The minimum atomic E-state index is -0.619. The highest BCUT2D eigenvalue weighted by molar-refractivity contribution is 5.90. The predicted octanol–water partition coefficient (Wildman–Crippen LogP) is -0.0108. The van der Waals surface area contributed by atoms with Gasteiger partial charge in [-0.25, -0.2) is 0 Å². The lowest BCUT2D eigenvalue weighted by Crippen LogP contribution is -2.50. The molecular formula is C14H23N3O3. The fourth-order valence-electron chi connectivity index (χ4n) is 2.68. The summed E-state index contributed by atoms with van der Waals surface area (Å²) in [4.78, 5) is 38.4. The summed E-state index contributed by atoms with van der Waals surface area (Å²) in [6, 6.07) is -0.619. The van der Waals surface area contributed by atoms with Crippen molar-refractivity contribution in [3.8, 4) is 0 Å². The Labute approximate surface area is 119 Å². The number of carbonyl (C=O) groups excluding carboxylic acids is 3. The van der Waals surface area contributed by atoms with Gasteiger partial charge in [-0.05, 0) is 18.4 Å². The first-order valence-electron chi connectivity index (χ1n) is 6.76. The van der Waals surface area contributed by atoms with Gasteiger partial charge < -0.3 is 15.5 Å². The Balaban J connectivity index is 2.73. The molecule has 112 valence electrons. The quantitative estimate of drug-likeness (QED) is 0.719. The molecular weight excluding hydrogens is 258 g/mol. The Kier molecular flexibility index (Phi) is 5.30. The van der Waals surface area contributed by atoms with Crippen LogP contribution in [0.25, 0.3) is 0 Å².